The molecule has 2 rings (SSSR count). The van der Waals surface area contributed by atoms with Gasteiger partial charge in [0.1, 0.15) is 16.9 Å². The molecule has 0 aliphatic carbocycles. The molecule has 0 aromatic heterocycles. The third kappa shape index (κ3) is 2.70. The van der Waals surface area contributed by atoms with Crippen molar-refractivity contribution in [2.45, 2.75) is 67.7 Å². The molecule has 0 saturated carbocycles. The van der Waals surface area contributed by atoms with E-state index in [0.29, 0.717) is 33.4 Å². The van der Waals surface area contributed by atoms with Crippen molar-refractivity contribution >= 4 is 5.97 Å². The fraction of sp³-hybridized carbons (Fsp3) is 0.435. The summed E-state index contributed by atoms with van der Waals surface area (Å²) in [7, 11) is 0. The number of rotatable bonds is 3. The highest BCUT2D eigenvalue weighted by Gasteiger charge is 2.43. The largest absolute Gasteiger partial charge is 0.507 e. The van der Waals surface area contributed by atoms with Crippen molar-refractivity contribution in [3.63, 3.8) is 0 Å². The van der Waals surface area contributed by atoms with Gasteiger partial charge in [-0.2, -0.15) is 0 Å². The van der Waals surface area contributed by atoms with Crippen molar-refractivity contribution in [3.8, 4) is 11.5 Å². The van der Waals surface area contributed by atoms with Crippen molar-refractivity contribution in [2.24, 2.45) is 0 Å². The first-order chi connectivity index (χ1) is 12.3. The summed E-state index contributed by atoms with van der Waals surface area (Å²) in [6.45, 7) is 16.4. The third-order valence-corrected chi connectivity index (χ3v) is 6.60. The summed E-state index contributed by atoms with van der Waals surface area (Å²) in [6.07, 6.45) is 0. The highest BCUT2D eigenvalue weighted by atomic mass is 16.4. The average Bonchev–Trinajstić information content (AvgIpc) is 2.61. The molecule has 4 nitrogen and oxygen atoms in total. The zero-order valence-corrected chi connectivity index (χ0v) is 17.7. The molecule has 0 saturated heterocycles. The van der Waals surface area contributed by atoms with E-state index < -0.39 is 11.4 Å². The second-order valence-electron chi connectivity index (χ2n) is 7.88. The number of benzene rings is 2. The quantitative estimate of drug-likeness (QED) is 0.714. The average molecular weight is 370 g/mol. The Morgan fingerprint density at radius 3 is 1.00 bits per heavy atom. The Bertz CT molecular complexity index is 840. The van der Waals surface area contributed by atoms with Gasteiger partial charge in [0.15, 0.2) is 0 Å². The van der Waals surface area contributed by atoms with Gasteiger partial charge in [0.05, 0.1) is 0 Å². The van der Waals surface area contributed by atoms with E-state index in [1.165, 1.54) is 0 Å². The predicted molar refractivity (Wildman–Crippen MR) is 108 cm³/mol. The van der Waals surface area contributed by atoms with Crippen LogP contribution in [0.3, 0.4) is 0 Å². The van der Waals surface area contributed by atoms with Crippen molar-refractivity contribution in [3.05, 3.63) is 55.6 Å². The Morgan fingerprint density at radius 1 is 0.593 bits per heavy atom. The Morgan fingerprint density at radius 2 is 0.815 bits per heavy atom. The number of aliphatic carboxylic acids is 1. The summed E-state index contributed by atoms with van der Waals surface area (Å²) in [4.78, 5) is 12.7. The second kappa shape index (κ2) is 6.59. The van der Waals surface area contributed by atoms with Crippen LogP contribution in [0.2, 0.25) is 0 Å². The maximum absolute atomic E-state index is 12.7. The van der Waals surface area contributed by atoms with Crippen molar-refractivity contribution < 1.29 is 20.1 Å². The lowest BCUT2D eigenvalue weighted by molar-refractivity contribution is -0.141. The van der Waals surface area contributed by atoms with E-state index in [-0.39, 0.29) is 11.5 Å². The number of carboxylic acid groups (broad SMARTS) is 1. The zero-order chi connectivity index (χ0) is 21.0. The van der Waals surface area contributed by atoms with Gasteiger partial charge < -0.3 is 15.3 Å². The molecule has 0 radical (unpaired) electrons. The second-order valence-corrected chi connectivity index (χ2v) is 7.88. The fourth-order valence-corrected chi connectivity index (χ4v) is 4.42. The molecule has 0 aliphatic heterocycles. The maximum atomic E-state index is 12.7. The smallest absolute Gasteiger partial charge is 0.318 e. The molecule has 0 fully saturated rings. The summed E-state index contributed by atoms with van der Waals surface area (Å²) in [5.41, 5.74) is 6.01. The van der Waals surface area contributed by atoms with Gasteiger partial charge in [-0.1, -0.05) is 0 Å². The van der Waals surface area contributed by atoms with E-state index in [1.54, 1.807) is 6.92 Å². The van der Waals surface area contributed by atoms with Gasteiger partial charge in [-0.25, -0.2) is 0 Å². The van der Waals surface area contributed by atoms with Crippen molar-refractivity contribution in [1.29, 1.82) is 0 Å². The summed E-state index contributed by atoms with van der Waals surface area (Å²) in [6, 6.07) is 0. The van der Waals surface area contributed by atoms with Crippen molar-refractivity contribution in [2.75, 3.05) is 0 Å². The number of phenolic OH excluding ortho intramolecular Hbond substituents is 2. The number of aromatic hydroxyl groups is 2. The molecule has 27 heavy (non-hydrogen) atoms. The number of carboxylic acids is 1. The summed E-state index contributed by atoms with van der Waals surface area (Å²) in [5, 5.41) is 31.3. The van der Waals surface area contributed by atoms with E-state index in [1.807, 2.05) is 55.4 Å². The van der Waals surface area contributed by atoms with Gasteiger partial charge in [0, 0.05) is 0 Å². The van der Waals surface area contributed by atoms with Crippen LogP contribution in [0, 0.1) is 55.4 Å². The number of phenols is 2. The molecule has 0 amide bonds. The Hall–Kier alpha value is -2.49. The first-order valence-corrected chi connectivity index (χ1v) is 9.12. The van der Waals surface area contributed by atoms with E-state index in [9.17, 15) is 20.1 Å². The van der Waals surface area contributed by atoms with Gasteiger partial charge in [0.25, 0.3) is 0 Å². The minimum Gasteiger partial charge on any atom is -0.507 e. The van der Waals surface area contributed by atoms with E-state index in [2.05, 4.69) is 0 Å². The topological polar surface area (TPSA) is 77.8 Å². The minimum atomic E-state index is -1.31. The van der Waals surface area contributed by atoms with Crippen molar-refractivity contribution in [1.82, 2.24) is 0 Å². The summed E-state index contributed by atoms with van der Waals surface area (Å²) < 4.78 is 0. The Labute approximate surface area is 161 Å². The lowest BCUT2D eigenvalue weighted by Gasteiger charge is -2.35. The van der Waals surface area contributed by atoms with Crippen LogP contribution in [0.5, 0.6) is 11.5 Å². The van der Waals surface area contributed by atoms with Crippen LogP contribution >= 0.6 is 0 Å². The molecule has 0 spiro atoms. The van der Waals surface area contributed by atoms with Crippen LogP contribution in [0.25, 0.3) is 0 Å². The molecule has 0 unspecified atom stereocenters. The molecule has 146 valence electrons. The molecule has 4 heteroatoms. The molecule has 2 aromatic carbocycles. The Balaban J connectivity index is 3.12. The van der Waals surface area contributed by atoms with Crippen LogP contribution in [0.1, 0.15) is 62.6 Å². The minimum absolute atomic E-state index is 0.216. The molecule has 0 aliphatic rings. The first-order valence-electron chi connectivity index (χ1n) is 9.12. The zero-order valence-electron chi connectivity index (χ0n) is 17.7. The van der Waals surface area contributed by atoms with Gasteiger partial charge in [-0.3, -0.25) is 4.79 Å². The first kappa shape index (κ1) is 20.8. The molecule has 0 heterocycles. The lowest BCUT2D eigenvalue weighted by atomic mass is 9.67. The maximum Gasteiger partial charge on any atom is 0.318 e. The van der Waals surface area contributed by atoms with E-state index >= 15 is 0 Å². The molecule has 3 N–H and O–H groups in total. The van der Waals surface area contributed by atoms with Gasteiger partial charge >= 0.3 is 5.97 Å². The summed E-state index contributed by atoms with van der Waals surface area (Å²) >= 11 is 0. The molecular formula is C23H30O4. The van der Waals surface area contributed by atoms with Crippen LogP contribution in [0.4, 0.5) is 0 Å². The van der Waals surface area contributed by atoms with Gasteiger partial charge in [0.2, 0.25) is 0 Å². The molecule has 0 bridgehead atoms. The highest BCUT2D eigenvalue weighted by molar-refractivity contribution is 5.89. The number of hydrogen-bond acceptors (Lipinski definition) is 3. The SMILES string of the molecule is Cc1c(C)c(C(C)(C(=O)O)c2c(C)c(C)c(O)c(C)c2C)c(C)c(C)c1O. The van der Waals surface area contributed by atoms with E-state index in [0.717, 1.165) is 22.3 Å². The van der Waals surface area contributed by atoms with Crippen LogP contribution in [0.15, 0.2) is 0 Å². The van der Waals surface area contributed by atoms with Gasteiger partial charge in [-0.15, -0.1) is 0 Å². The monoisotopic (exact) mass is 370 g/mol. The van der Waals surface area contributed by atoms with Crippen LogP contribution in [-0.2, 0) is 10.2 Å². The standard InChI is InChI=1S/C23H30O4/c1-10-14(5)20(24)15(6)11(2)18(10)23(9,22(26)27)19-12(3)16(7)21(25)17(8)13(19)4/h24-25H,1-9H3,(H,26,27). The predicted octanol–water partition coefficient (Wildman–Crippen LogP) is 4.96. The van der Waals surface area contributed by atoms with Crippen LogP contribution < -0.4 is 0 Å². The molecule has 0 atom stereocenters. The summed E-state index contributed by atoms with van der Waals surface area (Å²) in [5.74, 6) is -0.519. The lowest BCUT2D eigenvalue weighted by Crippen LogP contribution is -2.37. The third-order valence-electron chi connectivity index (χ3n) is 6.60. The normalized spacial score (nSPS) is 11.7. The van der Waals surface area contributed by atoms with E-state index in [4.69, 9.17) is 0 Å². The highest BCUT2D eigenvalue weighted by Crippen LogP contribution is 2.46. The number of hydrogen-bond donors (Lipinski definition) is 3. The number of carbonyl (C=O) groups is 1. The van der Waals surface area contributed by atoms with Crippen LogP contribution in [-0.4, -0.2) is 21.3 Å². The molecular weight excluding hydrogens is 340 g/mol. The fourth-order valence-electron chi connectivity index (χ4n) is 4.42. The van der Waals surface area contributed by atoms with Gasteiger partial charge in [-0.05, 0) is 118 Å². The molecule has 2 aromatic rings. The Kier molecular flexibility index (Phi) is 5.08.